The second-order valence-corrected chi connectivity index (χ2v) is 9.49. The Kier molecular flexibility index (Phi) is 6.96. The molecule has 0 aromatic heterocycles. The van der Waals surface area contributed by atoms with Gasteiger partial charge < -0.3 is 15.1 Å². The summed E-state index contributed by atoms with van der Waals surface area (Å²) in [6, 6.07) is 27.3. The zero-order chi connectivity index (χ0) is 25.1. The molecule has 36 heavy (non-hydrogen) atoms. The minimum absolute atomic E-state index is 0.0554. The van der Waals surface area contributed by atoms with Gasteiger partial charge in [-0.25, -0.2) is 0 Å². The Hall–Kier alpha value is -3.77. The van der Waals surface area contributed by atoms with Crippen LogP contribution >= 0.6 is 0 Å². The third-order valence-electron chi connectivity index (χ3n) is 7.40. The van der Waals surface area contributed by atoms with Crippen molar-refractivity contribution >= 4 is 17.6 Å². The Labute approximate surface area is 211 Å². The molecule has 0 aliphatic carbocycles. The normalized spacial score (nSPS) is 23.9. The van der Waals surface area contributed by atoms with E-state index in [1.54, 1.807) is 4.90 Å². The fourth-order valence-electron chi connectivity index (χ4n) is 5.83. The maximum atomic E-state index is 14.3. The van der Waals surface area contributed by atoms with Crippen LogP contribution in [-0.4, -0.2) is 59.6 Å². The summed E-state index contributed by atoms with van der Waals surface area (Å²) < 4.78 is 0. The first-order valence-corrected chi connectivity index (χ1v) is 12.6. The molecule has 184 valence electrons. The number of hydrogen-bond donors (Lipinski definition) is 1. The molecule has 0 saturated carbocycles. The standard InChI is InChI=1S/C30H31N3O3/c1-21(34)33-27(23-13-7-3-8-14-23)26(29(35)24-15-9-4-10-16-24)25(22-11-5-2-6-12-22)28(33)30(36)32-19-17-31-18-20-32/h2-16,25-28,31H,17-20H2,1H3. The molecule has 3 aromatic carbocycles. The van der Waals surface area contributed by atoms with E-state index < -0.39 is 23.9 Å². The van der Waals surface area contributed by atoms with E-state index in [4.69, 9.17) is 0 Å². The molecule has 1 N–H and O–H groups in total. The van der Waals surface area contributed by atoms with Crippen LogP contribution in [0.5, 0.6) is 0 Å². The fourth-order valence-corrected chi connectivity index (χ4v) is 5.83. The molecule has 0 spiro atoms. The molecule has 4 atom stereocenters. The van der Waals surface area contributed by atoms with Gasteiger partial charge in [0.1, 0.15) is 6.04 Å². The lowest BCUT2D eigenvalue weighted by Gasteiger charge is -2.36. The summed E-state index contributed by atoms with van der Waals surface area (Å²) in [6.07, 6.45) is 0. The number of hydrogen-bond acceptors (Lipinski definition) is 4. The van der Waals surface area contributed by atoms with E-state index in [9.17, 15) is 14.4 Å². The van der Waals surface area contributed by atoms with Crippen molar-refractivity contribution < 1.29 is 14.4 Å². The van der Waals surface area contributed by atoms with Crippen LogP contribution in [0.15, 0.2) is 91.0 Å². The number of carbonyl (C=O) groups is 3. The fraction of sp³-hybridized carbons (Fsp3) is 0.300. The van der Waals surface area contributed by atoms with Gasteiger partial charge in [-0.1, -0.05) is 91.0 Å². The smallest absolute Gasteiger partial charge is 0.246 e. The van der Waals surface area contributed by atoms with Gasteiger partial charge >= 0.3 is 0 Å². The maximum absolute atomic E-state index is 14.3. The molecule has 0 radical (unpaired) electrons. The van der Waals surface area contributed by atoms with Gasteiger partial charge in [0, 0.05) is 44.6 Å². The van der Waals surface area contributed by atoms with Crippen molar-refractivity contribution in [2.45, 2.75) is 24.9 Å². The Morgan fingerprint density at radius 2 is 1.28 bits per heavy atom. The molecule has 4 unspecified atom stereocenters. The average Bonchev–Trinajstić information content (AvgIpc) is 3.30. The highest BCUT2D eigenvalue weighted by Crippen LogP contribution is 2.51. The quantitative estimate of drug-likeness (QED) is 0.565. The Morgan fingerprint density at radius 1 is 0.750 bits per heavy atom. The minimum atomic E-state index is -0.772. The number of amides is 2. The Balaban J connectivity index is 1.71. The van der Waals surface area contributed by atoms with Crippen molar-refractivity contribution in [3.8, 4) is 0 Å². The highest BCUT2D eigenvalue weighted by atomic mass is 16.2. The molecular formula is C30H31N3O3. The molecule has 2 saturated heterocycles. The monoisotopic (exact) mass is 481 g/mol. The van der Waals surface area contributed by atoms with E-state index in [2.05, 4.69) is 5.32 Å². The molecular weight excluding hydrogens is 450 g/mol. The van der Waals surface area contributed by atoms with Crippen molar-refractivity contribution in [2.24, 2.45) is 5.92 Å². The molecule has 2 aliphatic rings. The molecule has 2 aliphatic heterocycles. The molecule has 2 amide bonds. The van der Waals surface area contributed by atoms with E-state index in [1.165, 1.54) is 6.92 Å². The van der Waals surface area contributed by atoms with Crippen LogP contribution in [0, 0.1) is 5.92 Å². The van der Waals surface area contributed by atoms with Gasteiger partial charge in [0.05, 0.1) is 12.0 Å². The van der Waals surface area contributed by atoms with Gasteiger partial charge in [-0.3, -0.25) is 14.4 Å². The summed E-state index contributed by atoms with van der Waals surface area (Å²) in [5.41, 5.74) is 2.34. The first-order chi connectivity index (χ1) is 17.6. The van der Waals surface area contributed by atoms with Gasteiger partial charge in [-0.05, 0) is 11.1 Å². The van der Waals surface area contributed by atoms with Crippen molar-refractivity contribution in [1.29, 1.82) is 0 Å². The number of likely N-dealkylation sites (tertiary alicyclic amines) is 1. The zero-order valence-corrected chi connectivity index (χ0v) is 20.4. The van der Waals surface area contributed by atoms with Crippen LogP contribution in [0.3, 0.4) is 0 Å². The lowest BCUT2D eigenvalue weighted by atomic mass is 9.76. The van der Waals surface area contributed by atoms with Gasteiger partial charge in [0.15, 0.2) is 5.78 Å². The topological polar surface area (TPSA) is 69.7 Å². The second-order valence-electron chi connectivity index (χ2n) is 9.49. The summed E-state index contributed by atoms with van der Waals surface area (Å²) in [5, 5.41) is 3.29. The summed E-state index contributed by atoms with van der Waals surface area (Å²) in [4.78, 5) is 45.3. The minimum Gasteiger partial charge on any atom is -0.338 e. The van der Waals surface area contributed by atoms with E-state index in [-0.39, 0.29) is 17.6 Å². The van der Waals surface area contributed by atoms with Crippen LogP contribution in [0.25, 0.3) is 0 Å². The Morgan fingerprint density at radius 3 is 1.83 bits per heavy atom. The highest BCUT2D eigenvalue weighted by Gasteiger charge is 2.57. The van der Waals surface area contributed by atoms with Crippen molar-refractivity contribution in [3.63, 3.8) is 0 Å². The van der Waals surface area contributed by atoms with Crippen LogP contribution in [-0.2, 0) is 9.59 Å². The summed E-state index contributed by atoms with van der Waals surface area (Å²) in [5.74, 6) is -1.44. The molecule has 6 nitrogen and oxygen atoms in total. The van der Waals surface area contributed by atoms with Crippen LogP contribution in [0.1, 0.15) is 40.4 Å². The third-order valence-corrected chi connectivity index (χ3v) is 7.40. The Bertz CT molecular complexity index is 1210. The lowest BCUT2D eigenvalue weighted by Crippen LogP contribution is -2.54. The van der Waals surface area contributed by atoms with E-state index >= 15 is 0 Å². The number of nitrogens with zero attached hydrogens (tertiary/aromatic N) is 2. The number of Topliss-reactive ketones (excluding diaryl/α,β-unsaturated/α-hetero) is 1. The van der Waals surface area contributed by atoms with E-state index in [0.29, 0.717) is 31.7 Å². The van der Waals surface area contributed by atoms with E-state index in [1.807, 2.05) is 95.9 Å². The average molecular weight is 482 g/mol. The SMILES string of the molecule is CC(=O)N1C(C(=O)N2CCNCC2)C(c2ccccc2)C(C(=O)c2ccccc2)C1c1ccccc1. The number of carbonyl (C=O) groups excluding carboxylic acids is 3. The number of ketones is 1. The maximum Gasteiger partial charge on any atom is 0.246 e. The largest absolute Gasteiger partial charge is 0.338 e. The van der Waals surface area contributed by atoms with Gasteiger partial charge in [0.2, 0.25) is 11.8 Å². The lowest BCUT2D eigenvalue weighted by molar-refractivity contribution is -0.145. The van der Waals surface area contributed by atoms with E-state index in [0.717, 1.165) is 11.1 Å². The highest BCUT2D eigenvalue weighted by molar-refractivity contribution is 6.01. The summed E-state index contributed by atoms with van der Waals surface area (Å²) >= 11 is 0. The third kappa shape index (κ3) is 4.44. The van der Waals surface area contributed by atoms with Crippen LogP contribution in [0.2, 0.25) is 0 Å². The number of nitrogens with one attached hydrogen (secondary N) is 1. The van der Waals surface area contributed by atoms with Crippen LogP contribution < -0.4 is 5.32 Å². The summed E-state index contributed by atoms with van der Waals surface area (Å²) in [6.45, 7) is 4.09. The first kappa shape index (κ1) is 23.9. The number of piperazine rings is 1. The zero-order valence-electron chi connectivity index (χ0n) is 20.4. The molecule has 5 rings (SSSR count). The van der Waals surface area contributed by atoms with Gasteiger partial charge in [0.25, 0.3) is 0 Å². The predicted molar refractivity (Wildman–Crippen MR) is 138 cm³/mol. The molecule has 2 fully saturated rings. The first-order valence-electron chi connectivity index (χ1n) is 12.6. The van der Waals surface area contributed by atoms with Gasteiger partial charge in [-0.2, -0.15) is 0 Å². The van der Waals surface area contributed by atoms with Crippen molar-refractivity contribution in [3.05, 3.63) is 108 Å². The second kappa shape index (κ2) is 10.5. The number of rotatable bonds is 5. The number of benzene rings is 3. The molecule has 6 heteroatoms. The van der Waals surface area contributed by atoms with Crippen LogP contribution in [0.4, 0.5) is 0 Å². The molecule has 3 aromatic rings. The van der Waals surface area contributed by atoms with Gasteiger partial charge in [-0.15, -0.1) is 0 Å². The summed E-state index contributed by atoms with van der Waals surface area (Å²) in [7, 11) is 0. The molecule has 2 heterocycles. The molecule has 0 bridgehead atoms. The predicted octanol–water partition coefficient (Wildman–Crippen LogP) is 3.67. The van der Waals surface area contributed by atoms with Crippen molar-refractivity contribution in [1.82, 2.24) is 15.1 Å². The van der Waals surface area contributed by atoms with Crippen molar-refractivity contribution in [2.75, 3.05) is 26.2 Å².